The van der Waals surface area contributed by atoms with Crippen molar-refractivity contribution in [1.82, 2.24) is 10.2 Å². The minimum atomic E-state index is -3.48. The third-order valence-corrected chi connectivity index (χ3v) is 8.40. The SMILES string of the molecule is CCS(=O)(=O)c1cccc(C(=O)Nc2nnc(-c3cccc(S(=O)(=O)C(C)C)c3)o2)c1. The minimum Gasteiger partial charge on any atom is -0.403 e. The predicted octanol–water partition coefficient (Wildman–Crippen LogP) is 2.96. The molecule has 0 saturated carbocycles. The molecule has 0 aliphatic heterocycles. The molecule has 0 atom stereocenters. The van der Waals surface area contributed by atoms with E-state index in [2.05, 4.69) is 15.5 Å². The normalized spacial score (nSPS) is 12.1. The maximum atomic E-state index is 12.5. The highest BCUT2D eigenvalue weighted by Crippen LogP contribution is 2.25. The molecule has 0 saturated heterocycles. The molecule has 164 valence electrons. The summed E-state index contributed by atoms with van der Waals surface area (Å²) >= 11 is 0. The largest absolute Gasteiger partial charge is 0.403 e. The van der Waals surface area contributed by atoms with Gasteiger partial charge in [-0.05, 0) is 50.2 Å². The molecule has 1 heterocycles. The first-order chi connectivity index (χ1) is 14.5. The van der Waals surface area contributed by atoms with Gasteiger partial charge in [-0.2, -0.15) is 0 Å². The van der Waals surface area contributed by atoms with Crippen LogP contribution in [0, 0.1) is 0 Å². The van der Waals surface area contributed by atoms with Crippen molar-refractivity contribution in [2.24, 2.45) is 0 Å². The molecule has 3 aromatic rings. The van der Waals surface area contributed by atoms with Crippen LogP contribution in [0.5, 0.6) is 0 Å². The van der Waals surface area contributed by atoms with E-state index in [1.54, 1.807) is 26.0 Å². The van der Waals surface area contributed by atoms with Crippen molar-refractivity contribution < 1.29 is 26.0 Å². The molecule has 0 bridgehead atoms. The molecule has 0 radical (unpaired) electrons. The third-order valence-electron chi connectivity index (χ3n) is 4.51. The van der Waals surface area contributed by atoms with Gasteiger partial charge in [-0.1, -0.05) is 24.2 Å². The van der Waals surface area contributed by atoms with Crippen molar-refractivity contribution in [3.63, 3.8) is 0 Å². The van der Waals surface area contributed by atoms with Gasteiger partial charge in [-0.3, -0.25) is 10.1 Å². The molecule has 0 unspecified atom stereocenters. The number of rotatable bonds is 7. The number of carbonyl (C=O) groups excluding carboxylic acids is 1. The molecule has 1 aromatic heterocycles. The predicted molar refractivity (Wildman–Crippen MR) is 114 cm³/mol. The Kier molecular flexibility index (Phi) is 6.27. The van der Waals surface area contributed by atoms with Crippen LogP contribution in [-0.2, 0) is 19.7 Å². The Morgan fingerprint density at radius 1 is 1.00 bits per heavy atom. The van der Waals surface area contributed by atoms with Crippen LogP contribution in [0.25, 0.3) is 11.5 Å². The molecular weight excluding hydrogens is 442 g/mol. The first-order valence-corrected chi connectivity index (χ1v) is 12.6. The first-order valence-electron chi connectivity index (χ1n) is 9.36. The van der Waals surface area contributed by atoms with Crippen LogP contribution >= 0.6 is 0 Å². The summed E-state index contributed by atoms with van der Waals surface area (Å²) in [6.45, 7) is 4.69. The van der Waals surface area contributed by atoms with Crippen molar-refractivity contribution in [1.29, 1.82) is 0 Å². The van der Waals surface area contributed by atoms with Crippen LogP contribution < -0.4 is 5.32 Å². The number of benzene rings is 2. The molecule has 2 aromatic carbocycles. The van der Waals surface area contributed by atoms with Crippen LogP contribution in [0.3, 0.4) is 0 Å². The van der Waals surface area contributed by atoms with Gasteiger partial charge in [0.05, 0.1) is 20.8 Å². The van der Waals surface area contributed by atoms with Crippen LogP contribution in [0.2, 0.25) is 0 Å². The molecule has 9 nitrogen and oxygen atoms in total. The summed E-state index contributed by atoms with van der Waals surface area (Å²) < 4.78 is 54.2. The number of amides is 1. The molecule has 31 heavy (non-hydrogen) atoms. The number of carbonyl (C=O) groups is 1. The van der Waals surface area contributed by atoms with Crippen molar-refractivity contribution in [2.75, 3.05) is 11.1 Å². The van der Waals surface area contributed by atoms with Crippen LogP contribution in [0.1, 0.15) is 31.1 Å². The fourth-order valence-electron chi connectivity index (χ4n) is 2.64. The number of hydrogen-bond donors (Lipinski definition) is 1. The average molecular weight is 464 g/mol. The van der Waals surface area contributed by atoms with Crippen molar-refractivity contribution >= 4 is 31.6 Å². The highest BCUT2D eigenvalue weighted by molar-refractivity contribution is 7.92. The zero-order valence-corrected chi connectivity index (χ0v) is 18.7. The molecule has 0 spiro atoms. The van der Waals surface area contributed by atoms with Crippen LogP contribution in [-0.4, -0.2) is 43.9 Å². The Labute approximate surface area is 180 Å². The van der Waals surface area contributed by atoms with E-state index in [-0.39, 0.29) is 33.0 Å². The first kappa shape index (κ1) is 22.6. The number of sulfone groups is 2. The Morgan fingerprint density at radius 3 is 2.35 bits per heavy atom. The van der Waals surface area contributed by atoms with E-state index in [1.807, 2.05) is 0 Å². The van der Waals surface area contributed by atoms with E-state index in [0.717, 1.165) is 0 Å². The Bertz CT molecular complexity index is 1330. The lowest BCUT2D eigenvalue weighted by Gasteiger charge is -2.08. The number of nitrogens with zero attached hydrogens (tertiary/aromatic N) is 2. The number of hydrogen-bond acceptors (Lipinski definition) is 8. The second kappa shape index (κ2) is 8.60. The van der Waals surface area contributed by atoms with Crippen LogP contribution in [0.4, 0.5) is 6.01 Å². The second-order valence-corrected chi connectivity index (χ2v) is 11.7. The van der Waals surface area contributed by atoms with E-state index in [4.69, 9.17) is 4.42 Å². The van der Waals surface area contributed by atoms with Gasteiger partial charge in [0, 0.05) is 11.1 Å². The zero-order valence-electron chi connectivity index (χ0n) is 17.1. The maximum Gasteiger partial charge on any atom is 0.322 e. The fourth-order valence-corrected chi connectivity index (χ4v) is 4.66. The molecule has 1 N–H and O–H groups in total. The summed E-state index contributed by atoms with van der Waals surface area (Å²) in [5, 5.41) is 9.43. The summed E-state index contributed by atoms with van der Waals surface area (Å²) in [6, 6.07) is 11.5. The highest BCUT2D eigenvalue weighted by Gasteiger charge is 2.21. The van der Waals surface area contributed by atoms with Gasteiger partial charge in [0.1, 0.15) is 0 Å². The fraction of sp³-hybridized carbons (Fsp3) is 0.250. The lowest BCUT2D eigenvalue weighted by atomic mass is 10.2. The Hall–Kier alpha value is -3.05. The quantitative estimate of drug-likeness (QED) is 0.565. The van der Waals surface area contributed by atoms with Gasteiger partial charge >= 0.3 is 6.01 Å². The average Bonchev–Trinajstić information content (AvgIpc) is 3.22. The van der Waals surface area contributed by atoms with E-state index in [1.165, 1.54) is 43.3 Å². The number of nitrogens with one attached hydrogen (secondary N) is 1. The monoisotopic (exact) mass is 463 g/mol. The molecule has 0 aliphatic carbocycles. The topological polar surface area (TPSA) is 136 Å². The van der Waals surface area contributed by atoms with Gasteiger partial charge in [-0.15, -0.1) is 5.10 Å². The molecule has 11 heteroatoms. The van der Waals surface area contributed by atoms with E-state index < -0.39 is 30.8 Å². The summed E-state index contributed by atoms with van der Waals surface area (Å²) in [6.07, 6.45) is 0. The van der Waals surface area contributed by atoms with Crippen LogP contribution in [0.15, 0.2) is 62.7 Å². The molecule has 0 aliphatic rings. The van der Waals surface area contributed by atoms with Gasteiger partial charge in [-0.25, -0.2) is 16.8 Å². The highest BCUT2D eigenvalue weighted by atomic mass is 32.2. The lowest BCUT2D eigenvalue weighted by Crippen LogP contribution is -2.13. The van der Waals surface area contributed by atoms with E-state index >= 15 is 0 Å². The third kappa shape index (κ3) is 4.83. The summed E-state index contributed by atoms with van der Waals surface area (Å²) in [4.78, 5) is 12.6. The maximum absolute atomic E-state index is 12.5. The van der Waals surface area contributed by atoms with Gasteiger partial charge in [0.2, 0.25) is 5.89 Å². The molecule has 3 rings (SSSR count). The Balaban J connectivity index is 1.83. The zero-order chi connectivity index (χ0) is 22.8. The lowest BCUT2D eigenvalue weighted by molar-refractivity contribution is 0.102. The number of aromatic nitrogens is 2. The summed E-state index contributed by atoms with van der Waals surface area (Å²) in [5.74, 6) is -0.686. The summed E-state index contributed by atoms with van der Waals surface area (Å²) in [5.41, 5.74) is 0.491. The second-order valence-electron chi connectivity index (χ2n) is 6.92. The van der Waals surface area contributed by atoms with Gasteiger partial charge < -0.3 is 4.42 Å². The minimum absolute atomic E-state index is 0.0263. The van der Waals surface area contributed by atoms with Gasteiger partial charge in [0.15, 0.2) is 19.7 Å². The van der Waals surface area contributed by atoms with Crippen molar-refractivity contribution in [3.05, 3.63) is 54.1 Å². The van der Waals surface area contributed by atoms with Crippen molar-refractivity contribution in [3.8, 4) is 11.5 Å². The standard InChI is InChI=1S/C20H21N3O6S2/c1-4-30(25,26)16-9-5-7-14(11-16)18(24)21-20-23-22-19(29-20)15-8-6-10-17(12-15)31(27,28)13(2)3/h5-13H,4H2,1-3H3,(H,21,23,24). The van der Waals surface area contributed by atoms with Crippen molar-refractivity contribution in [2.45, 2.75) is 35.8 Å². The van der Waals surface area contributed by atoms with Gasteiger partial charge in [0.25, 0.3) is 5.91 Å². The van der Waals surface area contributed by atoms with E-state index in [0.29, 0.717) is 5.56 Å². The number of anilines is 1. The molecule has 1 amide bonds. The smallest absolute Gasteiger partial charge is 0.322 e. The Morgan fingerprint density at radius 2 is 1.68 bits per heavy atom. The van der Waals surface area contributed by atoms with E-state index in [9.17, 15) is 21.6 Å². The molecular formula is C20H21N3O6S2. The summed E-state index contributed by atoms with van der Waals surface area (Å²) in [7, 11) is -6.94. The molecule has 0 fully saturated rings.